The van der Waals surface area contributed by atoms with Crippen molar-refractivity contribution in [2.75, 3.05) is 81.9 Å². The molecule has 3 fully saturated rings. The molecule has 0 saturated carbocycles. The van der Waals surface area contributed by atoms with Crippen molar-refractivity contribution in [2.45, 2.75) is 19.3 Å². The molecule has 0 N–H and O–H groups in total. The molecule has 0 aromatic carbocycles. The lowest BCUT2D eigenvalue weighted by atomic mass is 10.1. The van der Waals surface area contributed by atoms with Gasteiger partial charge in [0.05, 0.1) is 19.8 Å². The topological polar surface area (TPSA) is 65.0 Å². The largest absolute Gasteiger partial charge is 0.378 e. The lowest BCUT2D eigenvalue weighted by molar-refractivity contribution is -0.133. The molecule has 3 saturated heterocycles. The highest BCUT2D eigenvalue weighted by molar-refractivity contribution is 5.78. The van der Waals surface area contributed by atoms with Gasteiger partial charge >= 0.3 is 0 Å². The Hall–Kier alpha value is -1.93. The average molecular weight is 374 g/mol. The number of carbonyl (C=O) groups is 1. The van der Waals surface area contributed by atoms with E-state index in [0.29, 0.717) is 6.54 Å². The van der Waals surface area contributed by atoms with Crippen LogP contribution in [0.3, 0.4) is 0 Å². The number of nitrogens with zero attached hydrogens (tertiary/aromatic N) is 6. The van der Waals surface area contributed by atoms with Crippen molar-refractivity contribution in [3.63, 3.8) is 0 Å². The third-order valence-electron chi connectivity index (χ3n) is 5.69. The van der Waals surface area contributed by atoms with Crippen molar-refractivity contribution in [1.82, 2.24) is 19.8 Å². The van der Waals surface area contributed by atoms with E-state index in [9.17, 15) is 4.79 Å². The summed E-state index contributed by atoms with van der Waals surface area (Å²) in [4.78, 5) is 30.5. The number of hydrogen-bond acceptors (Lipinski definition) is 7. The van der Waals surface area contributed by atoms with E-state index in [1.165, 1.54) is 6.42 Å². The maximum Gasteiger partial charge on any atom is 0.236 e. The minimum atomic E-state index is 0.286. The summed E-state index contributed by atoms with van der Waals surface area (Å²) in [6.07, 6.45) is 5.40. The molecule has 4 rings (SSSR count). The molecular weight excluding hydrogens is 344 g/mol. The molecule has 8 nitrogen and oxygen atoms in total. The molecule has 148 valence electrons. The van der Waals surface area contributed by atoms with E-state index in [1.807, 2.05) is 17.2 Å². The summed E-state index contributed by atoms with van der Waals surface area (Å²) in [6, 6.07) is 1.97. The normalized spacial score (nSPS) is 22.1. The van der Waals surface area contributed by atoms with Crippen molar-refractivity contribution in [3.8, 4) is 0 Å². The highest BCUT2D eigenvalue weighted by Crippen LogP contribution is 2.18. The number of anilines is 2. The second kappa shape index (κ2) is 8.84. The minimum absolute atomic E-state index is 0.286. The fourth-order valence-electron chi connectivity index (χ4n) is 4.00. The molecule has 1 aromatic heterocycles. The zero-order valence-electron chi connectivity index (χ0n) is 16.1. The van der Waals surface area contributed by atoms with E-state index in [4.69, 9.17) is 9.72 Å². The highest BCUT2D eigenvalue weighted by Gasteiger charge is 2.24. The molecule has 1 amide bonds. The number of piperazine rings is 1. The number of amides is 1. The van der Waals surface area contributed by atoms with Crippen molar-refractivity contribution in [3.05, 3.63) is 12.3 Å². The van der Waals surface area contributed by atoms with Gasteiger partial charge in [-0.2, -0.15) is 4.98 Å². The molecular formula is C19H30N6O2. The molecule has 27 heavy (non-hydrogen) atoms. The Morgan fingerprint density at radius 3 is 2.41 bits per heavy atom. The minimum Gasteiger partial charge on any atom is -0.378 e. The van der Waals surface area contributed by atoms with Gasteiger partial charge in [-0.1, -0.05) is 0 Å². The van der Waals surface area contributed by atoms with Crippen LogP contribution in [0, 0.1) is 0 Å². The van der Waals surface area contributed by atoms with E-state index in [1.54, 1.807) is 0 Å². The number of carbonyl (C=O) groups excluding carboxylic acids is 1. The van der Waals surface area contributed by atoms with E-state index >= 15 is 0 Å². The van der Waals surface area contributed by atoms with Crippen LogP contribution in [0.1, 0.15) is 19.3 Å². The lowest BCUT2D eigenvalue weighted by Gasteiger charge is -2.36. The van der Waals surface area contributed by atoms with Crippen LogP contribution in [0.5, 0.6) is 0 Å². The molecule has 0 radical (unpaired) electrons. The van der Waals surface area contributed by atoms with Crippen LogP contribution < -0.4 is 9.80 Å². The zero-order valence-corrected chi connectivity index (χ0v) is 16.1. The van der Waals surface area contributed by atoms with Gasteiger partial charge in [0.25, 0.3) is 0 Å². The number of aromatic nitrogens is 2. The zero-order chi connectivity index (χ0) is 18.5. The Bertz CT molecular complexity index is 622. The van der Waals surface area contributed by atoms with Gasteiger partial charge in [0, 0.05) is 58.6 Å². The summed E-state index contributed by atoms with van der Waals surface area (Å²) in [7, 11) is 0. The quantitative estimate of drug-likeness (QED) is 0.758. The first kappa shape index (κ1) is 18.4. The second-order valence-corrected chi connectivity index (χ2v) is 7.52. The van der Waals surface area contributed by atoms with Crippen LogP contribution in [-0.2, 0) is 9.53 Å². The molecule has 4 heterocycles. The summed E-state index contributed by atoms with van der Waals surface area (Å²) < 4.78 is 5.42. The fraction of sp³-hybridized carbons (Fsp3) is 0.737. The first-order valence-corrected chi connectivity index (χ1v) is 10.2. The second-order valence-electron chi connectivity index (χ2n) is 7.52. The molecule has 0 bridgehead atoms. The van der Waals surface area contributed by atoms with Gasteiger partial charge in [-0.25, -0.2) is 4.98 Å². The fourth-order valence-corrected chi connectivity index (χ4v) is 4.00. The molecule has 8 heteroatoms. The molecule has 1 aromatic rings. The smallest absolute Gasteiger partial charge is 0.236 e. The van der Waals surface area contributed by atoms with Crippen LogP contribution in [0.2, 0.25) is 0 Å². The lowest BCUT2D eigenvalue weighted by Crippen LogP contribution is -2.51. The standard InChI is InChI=1S/C19H30N6O2/c26-18(24-6-2-1-3-7-24)16-22-8-10-25(11-9-22)19-20-5-4-17(21-19)23-12-14-27-15-13-23/h4-5H,1-3,6-16H2. The third kappa shape index (κ3) is 4.68. The monoisotopic (exact) mass is 374 g/mol. The Labute approximate surface area is 161 Å². The molecule has 0 unspecified atom stereocenters. The number of morpholine rings is 1. The summed E-state index contributed by atoms with van der Waals surface area (Å²) in [5.74, 6) is 2.06. The van der Waals surface area contributed by atoms with Gasteiger partial charge in [-0.15, -0.1) is 0 Å². The predicted molar refractivity (Wildman–Crippen MR) is 104 cm³/mol. The van der Waals surface area contributed by atoms with Gasteiger partial charge < -0.3 is 19.4 Å². The van der Waals surface area contributed by atoms with Crippen LogP contribution in [-0.4, -0.2) is 97.8 Å². The van der Waals surface area contributed by atoms with Gasteiger partial charge in [0.1, 0.15) is 5.82 Å². The molecule has 0 atom stereocenters. The SMILES string of the molecule is O=C(CN1CCN(c2nccc(N3CCOCC3)n2)CC1)N1CCCCC1. The van der Waals surface area contributed by atoms with E-state index < -0.39 is 0 Å². The Morgan fingerprint density at radius 2 is 1.67 bits per heavy atom. The van der Waals surface area contributed by atoms with Gasteiger partial charge in [0.2, 0.25) is 11.9 Å². The van der Waals surface area contributed by atoms with E-state index in [-0.39, 0.29) is 5.91 Å². The highest BCUT2D eigenvalue weighted by atomic mass is 16.5. The maximum absolute atomic E-state index is 12.5. The number of likely N-dealkylation sites (tertiary alicyclic amines) is 1. The first-order chi connectivity index (χ1) is 13.3. The van der Waals surface area contributed by atoms with Crippen LogP contribution in [0.25, 0.3) is 0 Å². The molecule has 0 aliphatic carbocycles. The molecule has 3 aliphatic heterocycles. The van der Waals surface area contributed by atoms with E-state index in [2.05, 4.69) is 19.7 Å². The van der Waals surface area contributed by atoms with Crippen molar-refractivity contribution in [1.29, 1.82) is 0 Å². The number of piperidine rings is 1. The summed E-state index contributed by atoms with van der Waals surface area (Å²) in [5.41, 5.74) is 0. The number of rotatable bonds is 4. The van der Waals surface area contributed by atoms with Crippen molar-refractivity contribution < 1.29 is 9.53 Å². The summed E-state index contributed by atoms with van der Waals surface area (Å²) in [5, 5.41) is 0. The molecule has 0 spiro atoms. The maximum atomic E-state index is 12.5. The van der Waals surface area contributed by atoms with Gasteiger partial charge in [-0.05, 0) is 25.3 Å². The predicted octanol–water partition coefficient (Wildman–Crippen LogP) is 0.448. The Kier molecular flexibility index (Phi) is 6.03. The van der Waals surface area contributed by atoms with Crippen molar-refractivity contribution in [2.24, 2.45) is 0 Å². The summed E-state index contributed by atoms with van der Waals surface area (Å²) >= 11 is 0. The molecule has 3 aliphatic rings. The van der Waals surface area contributed by atoms with Crippen LogP contribution in [0.4, 0.5) is 11.8 Å². The third-order valence-corrected chi connectivity index (χ3v) is 5.69. The Morgan fingerprint density at radius 1 is 0.926 bits per heavy atom. The summed E-state index contributed by atoms with van der Waals surface area (Å²) in [6.45, 7) is 9.15. The van der Waals surface area contributed by atoms with Crippen molar-refractivity contribution >= 4 is 17.7 Å². The number of ether oxygens (including phenoxy) is 1. The average Bonchev–Trinajstić information content (AvgIpc) is 2.75. The van der Waals surface area contributed by atoms with Gasteiger partial charge in [0.15, 0.2) is 0 Å². The van der Waals surface area contributed by atoms with Gasteiger partial charge in [-0.3, -0.25) is 9.69 Å². The van der Waals surface area contributed by atoms with Crippen LogP contribution >= 0.6 is 0 Å². The first-order valence-electron chi connectivity index (χ1n) is 10.2. The number of hydrogen-bond donors (Lipinski definition) is 0. The Balaban J connectivity index is 1.29. The van der Waals surface area contributed by atoms with E-state index in [0.717, 1.165) is 90.2 Å². The van der Waals surface area contributed by atoms with Crippen LogP contribution in [0.15, 0.2) is 12.3 Å².